The Kier molecular flexibility index (Phi) is 9.22. The zero-order valence-corrected chi connectivity index (χ0v) is 19.7. The predicted molar refractivity (Wildman–Crippen MR) is 130 cm³/mol. The van der Waals surface area contributed by atoms with E-state index in [0.717, 1.165) is 56.4 Å². The number of aliphatic imine (C=N–C) groups is 1. The lowest BCUT2D eigenvalue weighted by Crippen LogP contribution is -2.52. The van der Waals surface area contributed by atoms with E-state index in [1.165, 1.54) is 7.11 Å². The molecule has 0 atom stereocenters. The minimum absolute atomic E-state index is 0. The van der Waals surface area contributed by atoms with E-state index < -0.39 is 0 Å². The van der Waals surface area contributed by atoms with Crippen molar-refractivity contribution in [3.05, 3.63) is 59.7 Å². The number of carbonyl (C=O) groups excluding carboxylic acids is 1. The first kappa shape index (κ1) is 23.8. The molecule has 1 saturated heterocycles. The third-order valence-corrected chi connectivity index (χ3v) is 5.09. The summed E-state index contributed by atoms with van der Waals surface area (Å²) in [6, 6.07) is 14.9. The van der Waals surface area contributed by atoms with Gasteiger partial charge in [-0.05, 0) is 36.2 Å². The van der Waals surface area contributed by atoms with Crippen molar-refractivity contribution in [2.75, 3.05) is 51.8 Å². The lowest BCUT2D eigenvalue weighted by atomic mass is 10.1. The van der Waals surface area contributed by atoms with Crippen LogP contribution in [0.3, 0.4) is 0 Å². The molecule has 0 unspecified atom stereocenters. The van der Waals surface area contributed by atoms with E-state index in [2.05, 4.69) is 20.1 Å². The normalized spacial score (nSPS) is 14.1. The Bertz CT molecular complexity index is 850. The fourth-order valence-corrected chi connectivity index (χ4v) is 3.47. The topological polar surface area (TPSA) is 77.4 Å². The molecule has 2 N–H and O–H groups in total. The summed E-state index contributed by atoms with van der Waals surface area (Å²) in [6.45, 7) is 4.08. The number of esters is 1. The second-order valence-corrected chi connectivity index (χ2v) is 6.88. The van der Waals surface area contributed by atoms with Gasteiger partial charge >= 0.3 is 5.97 Å². The zero-order valence-electron chi connectivity index (χ0n) is 17.4. The molecule has 0 radical (unpaired) electrons. The summed E-state index contributed by atoms with van der Waals surface area (Å²) in [6.07, 6.45) is 0.832. The number of halogens is 1. The molecule has 162 valence electrons. The molecule has 2 aromatic rings. The smallest absolute Gasteiger partial charge is 0.337 e. The third kappa shape index (κ3) is 6.01. The molecule has 0 saturated carbocycles. The van der Waals surface area contributed by atoms with Crippen LogP contribution in [0.15, 0.2) is 53.5 Å². The Balaban J connectivity index is 0.00000320. The van der Waals surface area contributed by atoms with E-state index in [0.29, 0.717) is 11.3 Å². The second kappa shape index (κ2) is 11.6. The molecule has 1 heterocycles. The van der Waals surface area contributed by atoms with Crippen molar-refractivity contribution >= 4 is 41.6 Å². The summed E-state index contributed by atoms with van der Waals surface area (Å²) >= 11 is 0. The van der Waals surface area contributed by atoms with Gasteiger partial charge < -0.3 is 25.0 Å². The predicted octanol–water partition coefficient (Wildman–Crippen LogP) is 2.74. The molecule has 8 heteroatoms. The van der Waals surface area contributed by atoms with Crippen LogP contribution in [0.2, 0.25) is 0 Å². The van der Waals surface area contributed by atoms with E-state index in [-0.39, 0.29) is 29.9 Å². The number of para-hydroxylation sites is 2. The van der Waals surface area contributed by atoms with Crippen LogP contribution in [0.1, 0.15) is 15.9 Å². The van der Waals surface area contributed by atoms with Gasteiger partial charge in [0.15, 0.2) is 5.96 Å². The van der Waals surface area contributed by atoms with Gasteiger partial charge in [0.1, 0.15) is 5.75 Å². The van der Waals surface area contributed by atoms with Crippen molar-refractivity contribution in [3.63, 3.8) is 0 Å². The van der Waals surface area contributed by atoms with Crippen molar-refractivity contribution in [1.82, 2.24) is 10.2 Å². The summed E-state index contributed by atoms with van der Waals surface area (Å²) in [5, 5.41) is 13.5. The summed E-state index contributed by atoms with van der Waals surface area (Å²) in [4.78, 5) is 20.3. The van der Waals surface area contributed by atoms with Crippen molar-refractivity contribution in [2.45, 2.75) is 6.42 Å². The van der Waals surface area contributed by atoms with Crippen LogP contribution < -0.4 is 10.2 Å². The van der Waals surface area contributed by atoms with E-state index >= 15 is 0 Å². The molecule has 7 nitrogen and oxygen atoms in total. The summed E-state index contributed by atoms with van der Waals surface area (Å²) in [5.74, 6) is 0.882. The number of phenolic OH excluding ortho intramolecular Hbond substituents is 1. The van der Waals surface area contributed by atoms with Crippen molar-refractivity contribution in [1.29, 1.82) is 0 Å². The van der Waals surface area contributed by atoms with Gasteiger partial charge in [0.2, 0.25) is 0 Å². The van der Waals surface area contributed by atoms with Gasteiger partial charge in [0.05, 0.1) is 18.4 Å². The number of nitrogens with one attached hydrogen (secondary N) is 1. The Morgan fingerprint density at radius 1 is 1.10 bits per heavy atom. The van der Waals surface area contributed by atoms with E-state index in [9.17, 15) is 9.90 Å². The number of piperazine rings is 1. The number of phenols is 1. The van der Waals surface area contributed by atoms with Crippen LogP contribution in [-0.2, 0) is 11.2 Å². The number of anilines is 1. The van der Waals surface area contributed by atoms with Gasteiger partial charge in [0, 0.05) is 39.8 Å². The number of carbonyl (C=O) groups is 1. The maximum Gasteiger partial charge on any atom is 0.337 e. The first-order chi connectivity index (χ1) is 14.1. The Morgan fingerprint density at radius 3 is 2.37 bits per heavy atom. The monoisotopic (exact) mass is 524 g/mol. The van der Waals surface area contributed by atoms with E-state index in [4.69, 9.17) is 4.74 Å². The quantitative estimate of drug-likeness (QED) is 0.271. The minimum Gasteiger partial charge on any atom is -0.506 e. The maximum absolute atomic E-state index is 11.5. The molecule has 1 aliphatic heterocycles. The van der Waals surface area contributed by atoms with Crippen molar-refractivity contribution < 1.29 is 14.6 Å². The van der Waals surface area contributed by atoms with Crippen LogP contribution in [0.5, 0.6) is 5.75 Å². The van der Waals surface area contributed by atoms with Crippen LogP contribution in [0, 0.1) is 0 Å². The highest BCUT2D eigenvalue weighted by Crippen LogP contribution is 2.27. The van der Waals surface area contributed by atoms with Gasteiger partial charge in [-0.25, -0.2) is 4.79 Å². The van der Waals surface area contributed by atoms with Gasteiger partial charge in [-0.15, -0.1) is 24.0 Å². The highest BCUT2D eigenvalue weighted by molar-refractivity contribution is 14.0. The van der Waals surface area contributed by atoms with Crippen LogP contribution in [0.25, 0.3) is 0 Å². The number of guanidine groups is 1. The number of ether oxygens (including phenoxy) is 1. The van der Waals surface area contributed by atoms with Gasteiger partial charge in [-0.3, -0.25) is 4.99 Å². The van der Waals surface area contributed by atoms with Gasteiger partial charge in [-0.1, -0.05) is 24.3 Å². The van der Waals surface area contributed by atoms with Crippen molar-refractivity contribution in [3.8, 4) is 5.75 Å². The standard InChI is InChI=1S/C22H28N4O3.HI/c1-23-22(24-12-11-17-7-9-18(10-8-17)21(28)29-2)26-15-13-25(14-16-26)19-5-3-4-6-20(19)27;/h3-10,27H,11-16H2,1-2H3,(H,23,24);1H. The molecule has 0 spiro atoms. The lowest BCUT2D eigenvalue weighted by Gasteiger charge is -2.37. The van der Waals surface area contributed by atoms with Gasteiger partial charge in [0.25, 0.3) is 0 Å². The maximum atomic E-state index is 11.5. The number of methoxy groups -OCH3 is 1. The average molecular weight is 524 g/mol. The SMILES string of the molecule is CN=C(NCCc1ccc(C(=O)OC)cc1)N1CCN(c2ccccc2O)CC1.I. The number of aromatic hydroxyl groups is 1. The summed E-state index contributed by atoms with van der Waals surface area (Å²) in [5.41, 5.74) is 2.58. The van der Waals surface area contributed by atoms with Crippen molar-refractivity contribution in [2.24, 2.45) is 4.99 Å². The molecule has 0 aromatic heterocycles. The minimum atomic E-state index is -0.321. The Morgan fingerprint density at radius 2 is 1.77 bits per heavy atom. The molecule has 30 heavy (non-hydrogen) atoms. The molecule has 0 aliphatic carbocycles. The largest absolute Gasteiger partial charge is 0.506 e. The molecular formula is C22H29IN4O3. The summed E-state index contributed by atoms with van der Waals surface area (Å²) in [7, 11) is 3.18. The number of benzene rings is 2. The Labute approximate surface area is 194 Å². The molecule has 3 rings (SSSR count). The van der Waals surface area contributed by atoms with Crippen LogP contribution in [0.4, 0.5) is 5.69 Å². The van der Waals surface area contributed by atoms with Gasteiger partial charge in [-0.2, -0.15) is 0 Å². The lowest BCUT2D eigenvalue weighted by molar-refractivity contribution is 0.0600. The number of hydrogen-bond acceptors (Lipinski definition) is 5. The average Bonchev–Trinajstić information content (AvgIpc) is 2.77. The molecule has 1 aliphatic rings. The number of hydrogen-bond donors (Lipinski definition) is 2. The fourth-order valence-electron chi connectivity index (χ4n) is 3.47. The third-order valence-electron chi connectivity index (χ3n) is 5.09. The van der Waals surface area contributed by atoms with Crippen LogP contribution >= 0.6 is 24.0 Å². The molecule has 0 amide bonds. The van der Waals surface area contributed by atoms with Crippen LogP contribution in [-0.4, -0.2) is 68.8 Å². The molecule has 2 aromatic carbocycles. The Hall–Kier alpha value is -2.49. The molecular weight excluding hydrogens is 495 g/mol. The summed E-state index contributed by atoms with van der Waals surface area (Å²) < 4.78 is 4.72. The number of rotatable bonds is 5. The molecule has 0 bridgehead atoms. The first-order valence-corrected chi connectivity index (χ1v) is 9.78. The molecule has 1 fully saturated rings. The fraction of sp³-hybridized carbons (Fsp3) is 0.364. The van der Waals surface area contributed by atoms with E-state index in [1.807, 2.05) is 30.3 Å². The number of nitrogens with zero attached hydrogens (tertiary/aromatic N) is 3. The first-order valence-electron chi connectivity index (χ1n) is 9.78. The zero-order chi connectivity index (χ0) is 20.6. The highest BCUT2D eigenvalue weighted by Gasteiger charge is 2.21. The highest BCUT2D eigenvalue weighted by atomic mass is 127. The second-order valence-electron chi connectivity index (χ2n) is 6.88. The van der Waals surface area contributed by atoms with E-state index in [1.54, 1.807) is 25.2 Å².